The van der Waals surface area contributed by atoms with Crippen LogP contribution in [0.15, 0.2) is 24.3 Å². The molecule has 1 aromatic carbocycles. The van der Waals surface area contributed by atoms with Crippen LogP contribution in [0.3, 0.4) is 0 Å². The molecular weight excluding hydrogens is 237 g/mol. The number of halogens is 1. The number of likely N-dealkylation sites (N-methyl/N-ethyl adjacent to an activating group) is 1. The molecule has 0 fully saturated rings. The summed E-state index contributed by atoms with van der Waals surface area (Å²) >= 11 is 0. The van der Waals surface area contributed by atoms with Crippen LogP contribution in [-0.4, -0.2) is 30.4 Å². The zero-order chi connectivity index (χ0) is 13.7. The fourth-order valence-electron chi connectivity index (χ4n) is 1.79. The third-order valence-electron chi connectivity index (χ3n) is 2.67. The Labute approximate surface area is 105 Å². The molecule has 18 heavy (non-hydrogen) atoms. The van der Waals surface area contributed by atoms with Gasteiger partial charge in [-0.05, 0) is 24.6 Å². The molecule has 0 aromatic heterocycles. The van der Waals surface area contributed by atoms with Crippen LogP contribution in [0.1, 0.15) is 25.5 Å². The van der Waals surface area contributed by atoms with E-state index in [-0.39, 0.29) is 5.91 Å². The van der Waals surface area contributed by atoms with Crippen molar-refractivity contribution in [1.29, 1.82) is 0 Å². The molecule has 1 unspecified atom stereocenters. The van der Waals surface area contributed by atoms with E-state index in [2.05, 4.69) is 0 Å². The van der Waals surface area contributed by atoms with Crippen molar-refractivity contribution in [2.45, 2.75) is 19.9 Å². The quantitative estimate of drug-likeness (QED) is 0.770. The predicted octanol–water partition coefficient (Wildman–Crippen LogP) is 1.91. The number of hydrogen-bond acceptors (Lipinski definition) is 3. The Balaban J connectivity index is 3.16. The highest BCUT2D eigenvalue weighted by molar-refractivity contribution is 5.84. The molecule has 0 N–H and O–H groups in total. The molecular formula is C13H16FNO3. The molecule has 4 nitrogen and oxygen atoms in total. The second kappa shape index (κ2) is 6.14. The molecule has 0 aliphatic carbocycles. The van der Waals surface area contributed by atoms with Crippen molar-refractivity contribution in [3.8, 4) is 0 Å². The number of methoxy groups -OCH3 is 1. The Morgan fingerprint density at radius 1 is 1.33 bits per heavy atom. The van der Waals surface area contributed by atoms with Crippen LogP contribution in [0.5, 0.6) is 0 Å². The Morgan fingerprint density at radius 2 is 1.89 bits per heavy atom. The van der Waals surface area contributed by atoms with Crippen molar-refractivity contribution >= 4 is 11.9 Å². The van der Waals surface area contributed by atoms with Crippen LogP contribution >= 0.6 is 0 Å². The van der Waals surface area contributed by atoms with Crippen LogP contribution in [0.2, 0.25) is 0 Å². The molecule has 0 spiro atoms. The topological polar surface area (TPSA) is 46.6 Å². The van der Waals surface area contributed by atoms with Gasteiger partial charge in [-0.25, -0.2) is 9.18 Å². The minimum Gasteiger partial charge on any atom is -0.467 e. The average molecular weight is 253 g/mol. The minimum atomic E-state index is -0.835. The number of ether oxygens (including phenoxy) is 1. The minimum absolute atomic E-state index is 0.239. The molecule has 0 radical (unpaired) electrons. The van der Waals surface area contributed by atoms with Crippen molar-refractivity contribution < 1.29 is 18.7 Å². The second-order valence-electron chi connectivity index (χ2n) is 3.78. The molecule has 0 saturated carbocycles. The van der Waals surface area contributed by atoms with E-state index in [0.29, 0.717) is 12.1 Å². The van der Waals surface area contributed by atoms with E-state index in [4.69, 9.17) is 4.74 Å². The maximum Gasteiger partial charge on any atom is 0.333 e. The van der Waals surface area contributed by atoms with Crippen LogP contribution < -0.4 is 0 Å². The van der Waals surface area contributed by atoms with Crippen LogP contribution in [-0.2, 0) is 14.3 Å². The lowest BCUT2D eigenvalue weighted by atomic mass is 10.1. The van der Waals surface area contributed by atoms with Gasteiger partial charge in [0.1, 0.15) is 5.82 Å². The van der Waals surface area contributed by atoms with Gasteiger partial charge in [0.25, 0.3) is 0 Å². The van der Waals surface area contributed by atoms with Gasteiger partial charge in [0, 0.05) is 13.5 Å². The molecule has 0 saturated heterocycles. The van der Waals surface area contributed by atoms with Crippen LogP contribution in [0.4, 0.5) is 4.39 Å². The van der Waals surface area contributed by atoms with E-state index in [1.54, 1.807) is 6.92 Å². The number of rotatable bonds is 4. The van der Waals surface area contributed by atoms with Gasteiger partial charge in [-0.1, -0.05) is 12.1 Å². The first-order valence-corrected chi connectivity index (χ1v) is 5.61. The Morgan fingerprint density at radius 3 is 2.28 bits per heavy atom. The number of benzene rings is 1. The van der Waals surface area contributed by atoms with Crippen LogP contribution in [0, 0.1) is 5.82 Å². The first kappa shape index (κ1) is 14.2. The molecule has 0 aliphatic rings. The van der Waals surface area contributed by atoms with Crippen molar-refractivity contribution in [2.75, 3.05) is 13.7 Å². The lowest BCUT2D eigenvalue weighted by molar-refractivity contribution is -0.152. The van der Waals surface area contributed by atoms with Crippen molar-refractivity contribution in [2.24, 2.45) is 0 Å². The molecule has 1 atom stereocenters. The smallest absolute Gasteiger partial charge is 0.333 e. The Bertz CT molecular complexity index is 430. The van der Waals surface area contributed by atoms with Gasteiger partial charge in [0.15, 0.2) is 6.04 Å². The average Bonchev–Trinajstić information content (AvgIpc) is 2.36. The fourth-order valence-corrected chi connectivity index (χ4v) is 1.79. The molecule has 98 valence electrons. The number of carbonyl (C=O) groups is 2. The van der Waals surface area contributed by atoms with Gasteiger partial charge >= 0.3 is 5.97 Å². The highest BCUT2D eigenvalue weighted by Gasteiger charge is 2.29. The molecule has 0 aliphatic heterocycles. The van der Waals surface area contributed by atoms with Gasteiger partial charge < -0.3 is 9.64 Å². The Hall–Kier alpha value is -1.91. The first-order valence-electron chi connectivity index (χ1n) is 5.61. The monoisotopic (exact) mass is 253 g/mol. The van der Waals surface area contributed by atoms with E-state index in [1.807, 2.05) is 0 Å². The third kappa shape index (κ3) is 3.06. The van der Waals surface area contributed by atoms with Gasteiger partial charge in [-0.3, -0.25) is 4.79 Å². The van der Waals surface area contributed by atoms with E-state index in [1.165, 1.54) is 43.2 Å². The fraction of sp³-hybridized carbons (Fsp3) is 0.385. The normalized spacial score (nSPS) is 11.8. The number of nitrogens with zero attached hydrogens (tertiary/aromatic N) is 1. The SMILES string of the molecule is CCN(C(C)=O)C(C(=O)OC)c1ccc(F)cc1. The summed E-state index contributed by atoms with van der Waals surface area (Å²) in [6.07, 6.45) is 0. The van der Waals surface area contributed by atoms with Crippen molar-refractivity contribution in [3.05, 3.63) is 35.6 Å². The molecule has 1 rings (SSSR count). The standard InChI is InChI=1S/C13H16FNO3/c1-4-15(9(2)16)12(13(17)18-3)10-5-7-11(14)8-6-10/h5-8,12H,4H2,1-3H3. The number of hydrogen-bond donors (Lipinski definition) is 0. The predicted molar refractivity (Wildman–Crippen MR) is 64.2 cm³/mol. The lowest BCUT2D eigenvalue weighted by Gasteiger charge is -2.28. The molecule has 0 heterocycles. The van der Waals surface area contributed by atoms with Crippen molar-refractivity contribution in [1.82, 2.24) is 4.90 Å². The molecule has 1 amide bonds. The van der Waals surface area contributed by atoms with E-state index in [0.717, 1.165) is 0 Å². The van der Waals surface area contributed by atoms with E-state index < -0.39 is 17.8 Å². The highest BCUT2D eigenvalue weighted by atomic mass is 19.1. The summed E-state index contributed by atoms with van der Waals surface area (Å²) in [4.78, 5) is 24.7. The number of carbonyl (C=O) groups excluding carboxylic acids is 2. The third-order valence-corrected chi connectivity index (χ3v) is 2.67. The summed E-state index contributed by atoms with van der Waals surface area (Å²) < 4.78 is 17.6. The van der Waals surface area contributed by atoms with Crippen LogP contribution in [0.25, 0.3) is 0 Å². The van der Waals surface area contributed by atoms with Gasteiger partial charge in [0.2, 0.25) is 5.91 Å². The summed E-state index contributed by atoms with van der Waals surface area (Å²) in [6.45, 7) is 3.51. The zero-order valence-electron chi connectivity index (χ0n) is 10.6. The van der Waals surface area contributed by atoms with E-state index in [9.17, 15) is 14.0 Å². The zero-order valence-corrected chi connectivity index (χ0v) is 10.6. The van der Waals surface area contributed by atoms with Gasteiger partial charge in [0.05, 0.1) is 7.11 Å². The summed E-state index contributed by atoms with van der Waals surface area (Å²) in [5, 5.41) is 0. The summed E-state index contributed by atoms with van der Waals surface area (Å²) in [5.74, 6) is -1.18. The largest absolute Gasteiger partial charge is 0.467 e. The summed E-state index contributed by atoms with van der Waals surface area (Å²) in [5.41, 5.74) is 0.528. The molecule has 0 bridgehead atoms. The number of amides is 1. The summed E-state index contributed by atoms with van der Waals surface area (Å²) in [6, 6.07) is 4.61. The maximum atomic E-state index is 12.9. The Kier molecular flexibility index (Phi) is 4.83. The van der Waals surface area contributed by atoms with Crippen molar-refractivity contribution in [3.63, 3.8) is 0 Å². The van der Waals surface area contributed by atoms with E-state index >= 15 is 0 Å². The molecule has 1 aromatic rings. The van der Waals surface area contributed by atoms with Gasteiger partial charge in [-0.2, -0.15) is 0 Å². The van der Waals surface area contributed by atoms with Gasteiger partial charge in [-0.15, -0.1) is 0 Å². The number of esters is 1. The maximum absolute atomic E-state index is 12.9. The lowest BCUT2D eigenvalue weighted by Crippen LogP contribution is -2.38. The summed E-state index contributed by atoms with van der Waals surface area (Å²) in [7, 11) is 1.26. The second-order valence-corrected chi connectivity index (χ2v) is 3.78. The highest BCUT2D eigenvalue weighted by Crippen LogP contribution is 2.22. The first-order chi connectivity index (χ1) is 8.51. The molecule has 5 heteroatoms.